The van der Waals surface area contributed by atoms with Crippen molar-refractivity contribution in [3.05, 3.63) is 0 Å². The number of carbonyl (C=O) groups is 1. The van der Waals surface area contributed by atoms with Gasteiger partial charge in [-0.2, -0.15) is 0 Å². The van der Waals surface area contributed by atoms with E-state index in [4.69, 9.17) is 10.5 Å². The molecule has 1 aliphatic heterocycles. The minimum absolute atomic E-state index is 0.0455. The third-order valence-electron chi connectivity index (χ3n) is 4.17. The van der Waals surface area contributed by atoms with E-state index in [1.807, 2.05) is 18.9 Å². The number of hydrogen-bond donors (Lipinski definition) is 1. The SMILES string of the molecule is CC1CC(C(=O)N(C)C2CCCCC2N)CO1. The molecule has 1 saturated heterocycles. The van der Waals surface area contributed by atoms with Crippen LogP contribution in [0, 0.1) is 5.92 Å². The van der Waals surface area contributed by atoms with Gasteiger partial charge in [-0.25, -0.2) is 0 Å². The lowest BCUT2D eigenvalue weighted by atomic mass is 9.89. The first-order valence-electron chi connectivity index (χ1n) is 6.73. The van der Waals surface area contributed by atoms with Crippen LogP contribution < -0.4 is 5.73 Å². The molecule has 2 rings (SSSR count). The highest BCUT2D eigenvalue weighted by Gasteiger charge is 2.35. The summed E-state index contributed by atoms with van der Waals surface area (Å²) in [4.78, 5) is 14.2. The zero-order chi connectivity index (χ0) is 12.4. The van der Waals surface area contributed by atoms with Gasteiger partial charge in [0, 0.05) is 19.1 Å². The van der Waals surface area contributed by atoms with Crippen LogP contribution in [0.1, 0.15) is 39.0 Å². The van der Waals surface area contributed by atoms with Crippen LogP contribution in [0.2, 0.25) is 0 Å². The first-order chi connectivity index (χ1) is 8.09. The Hall–Kier alpha value is -0.610. The van der Waals surface area contributed by atoms with Crippen LogP contribution in [-0.4, -0.2) is 42.6 Å². The molecule has 17 heavy (non-hydrogen) atoms. The van der Waals surface area contributed by atoms with Crippen molar-refractivity contribution in [1.82, 2.24) is 4.90 Å². The number of hydrogen-bond acceptors (Lipinski definition) is 3. The molecule has 98 valence electrons. The van der Waals surface area contributed by atoms with Crippen LogP contribution >= 0.6 is 0 Å². The lowest BCUT2D eigenvalue weighted by molar-refractivity contribution is -0.137. The van der Waals surface area contributed by atoms with Crippen molar-refractivity contribution in [3.8, 4) is 0 Å². The molecule has 0 spiro atoms. The lowest BCUT2D eigenvalue weighted by Crippen LogP contribution is -2.51. The molecule has 4 atom stereocenters. The van der Waals surface area contributed by atoms with Gasteiger partial charge >= 0.3 is 0 Å². The second-order valence-electron chi connectivity index (χ2n) is 5.54. The van der Waals surface area contributed by atoms with Crippen LogP contribution in [-0.2, 0) is 9.53 Å². The molecule has 2 aliphatic rings. The van der Waals surface area contributed by atoms with Crippen molar-refractivity contribution in [1.29, 1.82) is 0 Å². The van der Waals surface area contributed by atoms with E-state index in [0.29, 0.717) is 6.61 Å². The maximum Gasteiger partial charge on any atom is 0.228 e. The fraction of sp³-hybridized carbons (Fsp3) is 0.923. The van der Waals surface area contributed by atoms with Crippen LogP contribution in [0.4, 0.5) is 0 Å². The molecular weight excluding hydrogens is 216 g/mol. The highest BCUT2D eigenvalue weighted by molar-refractivity contribution is 5.79. The molecule has 0 bridgehead atoms. The number of amides is 1. The summed E-state index contributed by atoms with van der Waals surface area (Å²) >= 11 is 0. The number of likely N-dealkylation sites (N-methyl/N-ethyl adjacent to an activating group) is 1. The lowest BCUT2D eigenvalue weighted by Gasteiger charge is -2.37. The molecule has 2 fully saturated rings. The molecule has 4 nitrogen and oxygen atoms in total. The Labute approximate surface area is 103 Å². The Morgan fingerprint density at radius 3 is 2.65 bits per heavy atom. The summed E-state index contributed by atoms with van der Waals surface area (Å²) < 4.78 is 5.47. The first kappa shape index (κ1) is 12.8. The Bertz CT molecular complexity index is 283. The quantitative estimate of drug-likeness (QED) is 0.787. The van der Waals surface area contributed by atoms with Crippen molar-refractivity contribution < 1.29 is 9.53 Å². The molecule has 4 heteroatoms. The minimum Gasteiger partial charge on any atom is -0.378 e. The van der Waals surface area contributed by atoms with Gasteiger partial charge in [-0.3, -0.25) is 4.79 Å². The van der Waals surface area contributed by atoms with Crippen LogP contribution in [0.25, 0.3) is 0 Å². The zero-order valence-electron chi connectivity index (χ0n) is 10.9. The van der Waals surface area contributed by atoms with Crippen molar-refractivity contribution >= 4 is 5.91 Å². The topological polar surface area (TPSA) is 55.6 Å². The van der Waals surface area contributed by atoms with E-state index in [1.165, 1.54) is 12.8 Å². The minimum atomic E-state index is 0.0455. The van der Waals surface area contributed by atoms with E-state index >= 15 is 0 Å². The predicted octanol–water partition coefficient (Wildman–Crippen LogP) is 1.14. The molecule has 0 radical (unpaired) electrons. The summed E-state index contributed by atoms with van der Waals surface area (Å²) in [6.07, 6.45) is 5.55. The molecule has 0 aromatic heterocycles. The van der Waals surface area contributed by atoms with Gasteiger partial charge in [0.1, 0.15) is 0 Å². The van der Waals surface area contributed by atoms with Crippen molar-refractivity contribution in [2.24, 2.45) is 11.7 Å². The average Bonchev–Trinajstić information content (AvgIpc) is 2.75. The molecule has 1 heterocycles. The third-order valence-corrected chi connectivity index (χ3v) is 4.17. The summed E-state index contributed by atoms with van der Waals surface area (Å²) in [7, 11) is 1.90. The molecular formula is C13H24N2O2. The number of nitrogens with two attached hydrogens (primary N) is 1. The van der Waals surface area contributed by atoms with Crippen LogP contribution in [0.3, 0.4) is 0 Å². The highest BCUT2D eigenvalue weighted by atomic mass is 16.5. The van der Waals surface area contributed by atoms with Crippen LogP contribution in [0.15, 0.2) is 0 Å². The fourth-order valence-electron chi connectivity index (χ4n) is 3.06. The number of nitrogens with zero attached hydrogens (tertiary/aromatic N) is 1. The standard InChI is InChI=1S/C13H24N2O2/c1-9-7-10(8-17-9)13(16)15(2)12-6-4-3-5-11(12)14/h9-12H,3-8,14H2,1-2H3. The van der Waals surface area contributed by atoms with E-state index in [1.54, 1.807) is 0 Å². The fourth-order valence-corrected chi connectivity index (χ4v) is 3.06. The van der Waals surface area contributed by atoms with E-state index in [0.717, 1.165) is 19.3 Å². The second kappa shape index (κ2) is 5.36. The molecule has 1 aliphatic carbocycles. The molecule has 4 unspecified atom stereocenters. The van der Waals surface area contributed by atoms with Crippen molar-refractivity contribution in [2.75, 3.05) is 13.7 Å². The largest absolute Gasteiger partial charge is 0.378 e. The summed E-state index contributed by atoms with van der Waals surface area (Å²) in [6, 6.07) is 0.379. The summed E-state index contributed by atoms with van der Waals surface area (Å²) in [5.74, 6) is 0.265. The van der Waals surface area contributed by atoms with Gasteiger partial charge in [-0.15, -0.1) is 0 Å². The molecule has 0 aromatic carbocycles. The van der Waals surface area contributed by atoms with Gasteiger partial charge in [0.05, 0.1) is 18.6 Å². The van der Waals surface area contributed by atoms with Gasteiger partial charge in [0.15, 0.2) is 0 Å². The number of rotatable bonds is 2. The Balaban J connectivity index is 1.94. The smallest absolute Gasteiger partial charge is 0.228 e. The van der Waals surface area contributed by atoms with Gasteiger partial charge in [-0.1, -0.05) is 12.8 Å². The monoisotopic (exact) mass is 240 g/mol. The van der Waals surface area contributed by atoms with Crippen molar-refractivity contribution in [3.63, 3.8) is 0 Å². The van der Waals surface area contributed by atoms with E-state index in [-0.39, 0.29) is 30.0 Å². The summed E-state index contributed by atoms with van der Waals surface area (Å²) in [6.45, 7) is 2.60. The molecule has 1 amide bonds. The van der Waals surface area contributed by atoms with Gasteiger partial charge in [0.2, 0.25) is 5.91 Å². The van der Waals surface area contributed by atoms with Crippen LogP contribution in [0.5, 0.6) is 0 Å². The maximum atomic E-state index is 12.3. The summed E-state index contributed by atoms with van der Waals surface area (Å²) in [5, 5.41) is 0. The zero-order valence-corrected chi connectivity index (χ0v) is 10.9. The first-order valence-corrected chi connectivity index (χ1v) is 6.73. The van der Waals surface area contributed by atoms with Gasteiger partial charge in [-0.05, 0) is 26.2 Å². The molecule has 0 aromatic rings. The van der Waals surface area contributed by atoms with E-state index < -0.39 is 0 Å². The predicted molar refractivity (Wildman–Crippen MR) is 66.5 cm³/mol. The molecule has 1 saturated carbocycles. The van der Waals surface area contributed by atoms with Crippen molar-refractivity contribution in [2.45, 2.75) is 57.2 Å². The average molecular weight is 240 g/mol. The number of ether oxygens (including phenoxy) is 1. The Morgan fingerprint density at radius 1 is 1.35 bits per heavy atom. The summed E-state index contributed by atoms with van der Waals surface area (Å²) in [5.41, 5.74) is 6.12. The van der Waals surface area contributed by atoms with Gasteiger partial charge < -0.3 is 15.4 Å². The normalized spacial score (nSPS) is 38.1. The Kier molecular flexibility index (Phi) is 4.05. The van der Waals surface area contributed by atoms with E-state index in [9.17, 15) is 4.79 Å². The van der Waals surface area contributed by atoms with E-state index in [2.05, 4.69) is 0 Å². The van der Waals surface area contributed by atoms with Gasteiger partial charge in [0.25, 0.3) is 0 Å². The second-order valence-corrected chi connectivity index (χ2v) is 5.54. The third kappa shape index (κ3) is 2.80. The molecule has 2 N–H and O–H groups in total. The maximum absolute atomic E-state index is 12.3. The Morgan fingerprint density at radius 2 is 2.06 bits per heavy atom. The highest BCUT2D eigenvalue weighted by Crippen LogP contribution is 2.26. The number of carbonyl (C=O) groups excluding carboxylic acids is 1.